The van der Waals surface area contributed by atoms with E-state index in [0.29, 0.717) is 28.7 Å². The van der Waals surface area contributed by atoms with E-state index in [4.69, 9.17) is 23.5 Å². The van der Waals surface area contributed by atoms with Crippen molar-refractivity contribution >= 4 is 34.3 Å². The van der Waals surface area contributed by atoms with Crippen molar-refractivity contribution in [3.8, 4) is 6.07 Å². The van der Waals surface area contributed by atoms with Crippen LogP contribution >= 0.6 is 0 Å². The van der Waals surface area contributed by atoms with Crippen molar-refractivity contribution in [3.63, 3.8) is 0 Å². The van der Waals surface area contributed by atoms with E-state index >= 15 is 0 Å². The lowest BCUT2D eigenvalue weighted by Gasteiger charge is -1.94. The molecule has 5 aromatic heterocycles. The molecule has 0 aliphatic rings. The van der Waals surface area contributed by atoms with E-state index in [0.717, 1.165) is 5.69 Å². The molecule has 10 nitrogen and oxygen atoms in total. The Kier molecular flexibility index (Phi) is 8.91. The van der Waals surface area contributed by atoms with Crippen molar-refractivity contribution in [2.75, 3.05) is 7.11 Å². The van der Waals surface area contributed by atoms with Crippen molar-refractivity contribution in [2.45, 2.75) is 6.42 Å². The van der Waals surface area contributed by atoms with E-state index < -0.39 is 11.9 Å². The Balaban J connectivity index is 0.000000163. The van der Waals surface area contributed by atoms with Gasteiger partial charge in [-0.2, -0.15) is 5.26 Å². The number of esters is 1. The van der Waals surface area contributed by atoms with Gasteiger partial charge in [-0.1, -0.05) is 18.2 Å². The maximum absolute atomic E-state index is 11.4. The molecule has 0 spiro atoms. The van der Waals surface area contributed by atoms with Crippen molar-refractivity contribution < 1.29 is 19.4 Å². The zero-order valence-corrected chi connectivity index (χ0v) is 20.1. The first-order valence-corrected chi connectivity index (χ1v) is 11.0. The van der Waals surface area contributed by atoms with E-state index in [1.807, 2.05) is 36.4 Å². The van der Waals surface area contributed by atoms with Gasteiger partial charge >= 0.3 is 11.9 Å². The number of carbonyl (C=O) groups excluding carboxylic acids is 1. The standard InChI is InChI=1S/C11H8N2O2.C10H6N2O2.C7H6N2/c1-12-10-8(11(14)15-2)7-13-6-4-3-5-9(10)13;1-11-9-7(10(13)14)6-12-5-3-2-4-8(9)12;8-5-4-7-3-1-2-6-9-7/h3-7H,2H3;2-6H,(H,13,14);1-3,6H,4H2. The van der Waals surface area contributed by atoms with E-state index in [-0.39, 0.29) is 11.3 Å². The van der Waals surface area contributed by atoms with Crippen LogP contribution in [-0.2, 0) is 11.2 Å². The lowest BCUT2D eigenvalue weighted by atomic mass is 10.2. The van der Waals surface area contributed by atoms with Gasteiger partial charge < -0.3 is 18.6 Å². The lowest BCUT2D eigenvalue weighted by molar-refractivity contribution is 0.0601. The Bertz CT molecular complexity index is 1720. The summed E-state index contributed by atoms with van der Waals surface area (Å²) in [6.45, 7) is 14.0. The molecule has 0 saturated carbocycles. The molecule has 0 amide bonds. The normalized spacial score (nSPS) is 9.53. The van der Waals surface area contributed by atoms with Crippen LogP contribution in [-0.4, -0.2) is 37.9 Å². The van der Waals surface area contributed by atoms with Crippen LogP contribution in [0.3, 0.4) is 0 Å². The van der Waals surface area contributed by atoms with Gasteiger partial charge in [0, 0.05) is 31.0 Å². The molecule has 0 atom stereocenters. The van der Waals surface area contributed by atoms with Crippen LogP contribution in [0.2, 0.25) is 0 Å². The smallest absolute Gasteiger partial charge is 0.328 e. The molecule has 0 fully saturated rings. The van der Waals surface area contributed by atoms with E-state index in [1.54, 1.807) is 57.9 Å². The molecule has 5 heterocycles. The van der Waals surface area contributed by atoms with Crippen molar-refractivity contribution in [1.29, 1.82) is 5.26 Å². The highest BCUT2D eigenvalue weighted by atomic mass is 16.5. The van der Waals surface area contributed by atoms with Crippen LogP contribution in [0.4, 0.5) is 11.4 Å². The molecule has 0 aliphatic heterocycles. The monoisotopic (exact) mass is 504 g/mol. The average Bonchev–Trinajstić information content (AvgIpc) is 3.52. The minimum Gasteiger partial charge on any atom is -0.479 e. The molecular formula is C28H20N6O4. The van der Waals surface area contributed by atoms with Gasteiger partial charge in [0.05, 0.1) is 60.6 Å². The van der Waals surface area contributed by atoms with Crippen molar-refractivity contribution in [2.24, 2.45) is 0 Å². The molecule has 5 aromatic rings. The molecule has 0 saturated heterocycles. The number of nitrogens with zero attached hydrogens (tertiary/aromatic N) is 6. The number of methoxy groups -OCH3 is 1. The summed E-state index contributed by atoms with van der Waals surface area (Å²) in [5.74, 6) is -1.55. The average molecular weight is 505 g/mol. The second kappa shape index (κ2) is 12.7. The molecule has 5 rings (SSSR count). The molecule has 0 bridgehead atoms. The number of carbonyl (C=O) groups is 2. The summed E-state index contributed by atoms with van der Waals surface area (Å²) < 4.78 is 7.98. The Hall–Kier alpha value is -5.92. The molecule has 1 N–H and O–H groups in total. The summed E-state index contributed by atoms with van der Waals surface area (Å²) in [4.78, 5) is 32.7. The number of rotatable bonds is 3. The fourth-order valence-electron chi connectivity index (χ4n) is 3.45. The minimum atomic E-state index is -1.07. The third-order valence-corrected chi connectivity index (χ3v) is 5.16. The molecule has 10 heteroatoms. The van der Waals surface area contributed by atoms with Gasteiger partial charge in [-0.3, -0.25) is 4.98 Å². The van der Waals surface area contributed by atoms with Crippen LogP contribution in [0.5, 0.6) is 0 Å². The van der Waals surface area contributed by atoms with Crippen LogP contribution in [0.15, 0.2) is 85.6 Å². The number of fused-ring (bicyclic) bond motifs is 2. The predicted molar refractivity (Wildman–Crippen MR) is 139 cm³/mol. The third-order valence-electron chi connectivity index (χ3n) is 5.16. The Morgan fingerprint density at radius 2 is 1.50 bits per heavy atom. The van der Waals surface area contributed by atoms with Crippen molar-refractivity contribution in [3.05, 3.63) is 125 Å². The van der Waals surface area contributed by atoms with Crippen LogP contribution in [0, 0.1) is 24.5 Å². The van der Waals surface area contributed by atoms with Gasteiger partial charge in [-0.15, -0.1) is 0 Å². The summed E-state index contributed by atoms with van der Waals surface area (Å²) in [6.07, 6.45) is 8.65. The van der Waals surface area contributed by atoms with Gasteiger partial charge in [0.2, 0.25) is 11.4 Å². The summed E-state index contributed by atoms with van der Waals surface area (Å²) in [6, 6.07) is 18.3. The summed E-state index contributed by atoms with van der Waals surface area (Å²) in [5, 5.41) is 17.1. The molecule has 0 unspecified atom stereocenters. The largest absolute Gasteiger partial charge is 0.479 e. The highest BCUT2D eigenvalue weighted by molar-refractivity contribution is 6.01. The Morgan fingerprint density at radius 3 is 1.97 bits per heavy atom. The summed E-state index contributed by atoms with van der Waals surface area (Å²) in [5.41, 5.74) is 3.05. The quantitative estimate of drug-likeness (QED) is 0.252. The van der Waals surface area contributed by atoms with Crippen molar-refractivity contribution in [1.82, 2.24) is 13.8 Å². The molecule has 186 valence electrons. The van der Waals surface area contributed by atoms with E-state index in [1.165, 1.54) is 13.3 Å². The number of nitriles is 1. The molecule has 38 heavy (non-hydrogen) atoms. The van der Waals surface area contributed by atoms with Gasteiger partial charge in [0.15, 0.2) is 0 Å². The molecule has 0 aromatic carbocycles. The topological polar surface area (TPSA) is 118 Å². The summed E-state index contributed by atoms with van der Waals surface area (Å²) in [7, 11) is 1.30. The van der Waals surface area contributed by atoms with Gasteiger partial charge in [0.25, 0.3) is 0 Å². The highest BCUT2D eigenvalue weighted by Crippen LogP contribution is 2.28. The lowest BCUT2D eigenvalue weighted by Crippen LogP contribution is -1.98. The SMILES string of the molecule is N#CCc1ccccn1.[C-]#[N+]c1c(C(=O)O)cn2ccccc12.[C-]#[N+]c1c(C(=O)OC)cn2ccccc12. The van der Waals surface area contributed by atoms with E-state index in [2.05, 4.69) is 19.4 Å². The number of aromatic nitrogens is 3. The van der Waals surface area contributed by atoms with Gasteiger partial charge in [-0.05, 0) is 36.4 Å². The summed E-state index contributed by atoms with van der Waals surface area (Å²) >= 11 is 0. The van der Waals surface area contributed by atoms with Crippen LogP contribution in [0.1, 0.15) is 26.4 Å². The number of hydrogen-bond donors (Lipinski definition) is 1. The van der Waals surface area contributed by atoms with Gasteiger partial charge in [0.1, 0.15) is 0 Å². The van der Waals surface area contributed by atoms with E-state index in [9.17, 15) is 9.59 Å². The minimum absolute atomic E-state index is 0.0474. The highest BCUT2D eigenvalue weighted by Gasteiger charge is 2.17. The number of pyridine rings is 3. The fraction of sp³-hybridized carbons (Fsp3) is 0.0714. The predicted octanol–water partition coefficient (Wildman–Crippen LogP) is 5.61. The first-order chi connectivity index (χ1) is 18.4. The third kappa shape index (κ3) is 6.01. The number of aromatic carboxylic acids is 1. The zero-order chi connectivity index (χ0) is 27.5. The number of ether oxygens (including phenoxy) is 1. The van der Waals surface area contributed by atoms with Gasteiger partial charge in [-0.25, -0.2) is 19.3 Å². The number of carboxylic acids is 1. The Morgan fingerprint density at radius 1 is 0.947 bits per heavy atom. The van der Waals surface area contributed by atoms with Crippen LogP contribution < -0.4 is 0 Å². The molecule has 0 radical (unpaired) electrons. The first-order valence-electron chi connectivity index (χ1n) is 11.0. The Labute approximate surface area is 217 Å². The zero-order valence-electron chi connectivity index (χ0n) is 20.1. The first kappa shape index (κ1) is 26.7. The fourth-order valence-corrected chi connectivity index (χ4v) is 3.45. The molecule has 0 aliphatic carbocycles. The second-order valence-electron chi connectivity index (χ2n) is 7.45. The van der Waals surface area contributed by atoms with Crippen LogP contribution in [0.25, 0.3) is 20.7 Å². The maximum Gasteiger partial charge on any atom is 0.328 e. The second-order valence-corrected chi connectivity index (χ2v) is 7.45. The number of hydrogen-bond acceptors (Lipinski definition) is 5. The maximum atomic E-state index is 11.4. The molecular weight excluding hydrogens is 484 g/mol. The number of carboxylic acid groups (broad SMARTS) is 1.